The summed E-state index contributed by atoms with van der Waals surface area (Å²) in [7, 11) is 0. The lowest BCUT2D eigenvalue weighted by Crippen LogP contribution is -2.08. The number of benzene rings is 1. The lowest BCUT2D eigenvalue weighted by molar-refractivity contribution is 0.434. The second-order valence-electron chi connectivity index (χ2n) is 3.98. The van der Waals surface area contributed by atoms with Gasteiger partial charge < -0.3 is 15.5 Å². The van der Waals surface area contributed by atoms with Crippen LogP contribution < -0.4 is 5.32 Å². The summed E-state index contributed by atoms with van der Waals surface area (Å²) in [6.07, 6.45) is 1.03. The molecule has 1 aliphatic rings. The Morgan fingerprint density at radius 3 is 2.73 bits per heavy atom. The van der Waals surface area contributed by atoms with E-state index in [-0.39, 0.29) is 11.5 Å². The number of phenols is 2. The highest BCUT2D eigenvalue weighted by Gasteiger charge is 2.23. The number of rotatable bonds is 1. The summed E-state index contributed by atoms with van der Waals surface area (Å²) < 4.78 is 0.407. The monoisotopic (exact) mass is 271 g/mol. The highest BCUT2D eigenvalue weighted by atomic mass is 79.9. The summed E-state index contributed by atoms with van der Waals surface area (Å²) in [4.78, 5) is 0. The molecule has 1 aliphatic heterocycles. The first-order chi connectivity index (χ1) is 7.11. The lowest BCUT2D eigenvalue weighted by Gasteiger charge is -2.14. The van der Waals surface area contributed by atoms with Crippen molar-refractivity contribution in [1.82, 2.24) is 5.32 Å². The number of aromatic hydroxyl groups is 2. The van der Waals surface area contributed by atoms with Gasteiger partial charge in [-0.25, -0.2) is 0 Å². The van der Waals surface area contributed by atoms with Crippen LogP contribution in [0.4, 0.5) is 0 Å². The molecule has 15 heavy (non-hydrogen) atoms. The molecule has 3 N–H and O–H groups in total. The summed E-state index contributed by atoms with van der Waals surface area (Å²) in [6, 6.07) is 1.87. The molecule has 0 spiro atoms. The molecular formula is C11H14BrNO2. The minimum atomic E-state index is 0.127. The zero-order chi connectivity index (χ0) is 11.0. The van der Waals surface area contributed by atoms with Crippen LogP contribution in [0.5, 0.6) is 11.5 Å². The lowest BCUT2D eigenvalue weighted by atomic mass is 9.95. The van der Waals surface area contributed by atoms with Crippen LogP contribution in [0.1, 0.15) is 23.5 Å². The average Bonchev–Trinajstić information content (AvgIpc) is 2.73. The first kappa shape index (κ1) is 10.8. The van der Waals surface area contributed by atoms with Gasteiger partial charge >= 0.3 is 0 Å². The molecule has 0 bridgehead atoms. The maximum atomic E-state index is 9.93. The summed E-state index contributed by atoms with van der Waals surface area (Å²) in [5.41, 5.74) is 1.71. The van der Waals surface area contributed by atoms with Crippen molar-refractivity contribution in [1.29, 1.82) is 0 Å². The van der Waals surface area contributed by atoms with Crippen LogP contribution in [0.3, 0.4) is 0 Å². The zero-order valence-corrected chi connectivity index (χ0v) is 10.1. The van der Waals surface area contributed by atoms with E-state index in [1.807, 2.05) is 13.0 Å². The molecule has 1 heterocycles. The maximum Gasteiger partial charge on any atom is 0.137 e. The van der Waals surface area contributed by atoms with E-state index < -0.39 is 0 Å². The van der Waals surface area contributed by atoms with Gasteiger partial charge in [0.25, 0.3) is 0 Å². The Morgan fingerprint density at radius 1 is 1.40 bits per heavy atom. The van der Waals surface area contributed by atoms with Crippen LogP contribution in [-0.4, -0.2) is 23.3 Å². The van der Waals surface area contributed by atoms with Gasteiger partial charge in [0.15, 0.2) is 0 Å². The Balaban J connectivity index is 2.47. The molecule has 1 saturated heterocycles. The van der Waals surface area contributed by atoms with Gasteiger partial charge in [-0.1, -0.05) is 0 Å². The molecule has 1 aromatic carbocycles. The topological polar surface area (TPSA) is 52.5 Å². The Morgan fingerprint density at radius 2 is 2.13 bits per heavy atom. The van der Waals surface area contributed by atoms with E-state index in [0.29, 0.717) is 10.4 Å². The molecule has 1 fully saturated rings. The van der Waals surface area contributed by atoms with Gasteiger partial charge in [0.05, 0.1) is 0 Å². The summed E-state index contributed by atoms with van der Waals surface area (Å²) in [5, 5.41) is 22.8. The largest absolute Gasteiger partial charge is 0.506 e. The highest BCUT2D eigenvalue weighted by molar-refractivity contribution is 9.10. The number of phenolic OH excluding ortho intramolecular Hbond substituents is 2. The van der Waals surface area contributed by atoms with Gasteiger partial charge in [-0.2, -0.15) is 0 Å². The van der Waals surface area contributed by atoms with Crippen molar-refractivity contribution in [3.8, 4) is 11.5 Å². The van der Waals surface area contributed by atoms with E-state index >= 15 is 0 Å². The molecule has 0 aromatic heterocycles. The maximum absolute atomic E-state index is 9.93. The minimum Gasteiger partial charge on any atom is -0.506 e. The van der Waals surface area contributed by atoms with Crippen molar-refractivity contribution in [3.63, 3.8) is 0 Å². The standard InChI is InChI=1S/C11H14BrNO2/c1-6-4-8(7-2-3-13-5-7)11(15)9(12)10(6)14/h4,7,13-15H,2-3,5H2,1H3. The molecule has 4 heteroatoms. The van der Waals surface area contributed by atoms with Gasteiger partial charge in [0.2, 0.25) is 0 Å². The number of hydrogen-bond donors (Lipinski definition) is 3. The quantitative estimate of drug-likeness (QED) is 0.735. The molecule has 82 valence electrons. The molecule has 0 radical (unpaired) electrons. The van der Waals surface area contributed by atoms with Crippen LogP contribution in [0.25, 0.3) is 0 Å². The smallest absolute Gasteiger partial charge is 0.137 e. The fourth-order valence-corrected chi connectivity index (χ4v) is 2.55. The third-order valence-electron chi connectivity index (χ3n) is 2.93. The van der Waals surface area contributed by atoms with E-state index in [1.165, 1.54) is 0 Å². The predicted octanol–water partition coefficient (Wildman–Crippen LogP) is 2.25. The third kappa shape index (κ3) is 1.84. The van der Waals surface area contributed by atoms with Crippen LogP contribution in [0, 0.1) is 6.92 Å². The van der Waals surface area contributed by atoms with Gasteiger partial charge in [-0.15, -0.1) is 0 Å². The van der Waals surface area contributed by atoms with E-state index in [0.717, 1.165) is 30.6 Å². The third-order valence-corrected chi connectivity index (χ3v) is 3.69. The van der Waals surface area contributed by atoms with E-state index in [9.17, 15) is 10.2 Å². The normalized spacial score (nSPS) is 20.8. The highest BCUT2D eigenvalue weighted by Crippen LogP contribution is 2.42. The number of hydrogen-bond acceptors (Lipinski definition) is 3. The molecular weight excluding hydrogens is 258 g/mol. The summed E-state index contributed by atoms with van der Waals surface area (Å²) >= 11 is 3.21. The molecule has 3 nitrogen and oxygen atoms in total. The van der Waals surface area contributed by atoms with Crippen molar-refractivity contribution < 1.29 is 10.2 Å². The van der Waals surface area contributed by atoms with E-state index in [2.05, 4.69) is 21.2 Å². The van der Waals surface area contributed by atoms with Gasteiger partial charge in [0.1, 0.15) is 16.0 Å². The fourth-order valence-electron chi connectivity index (χ4n) is 2.01. The van der Waals surface area contributed by atoms with Gasteiger partial charge in [0, 0.05) is 12.5 Å². The van der Waals surface area contributed by atoms with E-state index in [1.54, 1.807) is 0 Å². The molecule has 2 rings (SSSR count). The van der Waals surface area contributed by atoms with Crippen molar-refractivity contribution in [2.45, 2.75) is 19.3 Å². The van der Waals surface area contributed by atoms with Crippen molar-refractivity contribution in [2.24, 2.45) is 0 Å². The zero-order valence-electron chi connectivity index (χ0n) is 8.55. The second-order valence-corrected chi connectivity index (χ2v) is 4.78. The van der Waals surface area contributed by atoms with Gasteiger partial charge in [-0.05, 0) is 53.0 Å². The predicted molar refractivity (Wildman–Crippen MR) is 62.4 cm³/mol. The van der Waals surface area contributed by atoms with Crippen molar-refractivity contribution in [3.05, 3.63) is 21.7 Å². The Labute approximate surface area is 97.3 Å². The van der Waals surface area contributed by atoms with E-state index in [4.69, 9.17) is 0 Å². The van der Waals surface area contributed by atoms with Gasteiger partial charge in [-0.3, -0.25) is 0 Å². The van der Waals surface area contributed by atoms with Crippen molar-refractivity contribution in [2.75, 3.05) is 13.1 Å². The Kier molecular flexibility index (Phi) is 2.89. The number of aryl methyl sites for hydroxylation is 1. The Bertz CT molecular complexity index is 387. The molecule has 0 aliphatic carbocycles. The SMILES string of the molecule is Cc1cc(C2CCNC2)c(O)c(Br)c1O. The van der Waals surface area contributed by atoms with Crippen LogP contribution >= 0.6 is 15.9 Å². The fraction of sp³-hybridized carbons (Fsp3) is 0.455. The number of nitrogens with one attached hydrogen (secondary N) is 1. The van der Waals surface area contributed by atoms with Crippen LogP contribution in [0.15, 0.2) is 10.5 Å². The summed E-state index contributed by atoms with van der Waals surface area (Å²) in [5.74, 6) is 0.648. The Hall–Kier alpha value is -0.740. The second kappa shape index (κ2) is 4.02. The first-order valence-corrected chi connectivity index (χ1v) is 5.82. The molecule has 1 aromatic rings. The number of halogens is 1. The first-order valence-electron chi connectivity index (χ1n) is 5.03. The van der Waals surface area contributed by atoms with Crippen molar-refractivity contribution >= 4 is 15.9 Å². The van der Waals surface area contributed by atoms with Crippen LogP contribution in [0.2, 0.25) is 0 Å². The molecule has 1 atom stereocenters. The molecule has 0 saturated carbocycles. The average molecular weight is 272 g/mol. The summed E-state index contributed by atoms with van der Waals surface area (Å²) in [6.45, 7) is 3.72. The molecule has 0 amide bonds. The molecule has 1 unspecified atom stereocenters. The minimum absolute atomic E-state index is 0.127. The van der Waals surface area contributed by atoms with Crippen LogP contribution in [-0.2, 0) is 0 Å².